The van der Waals surface area contributed by atoms with E-state index in [-0.39, 0.29) is 33.6 Å². The summed E-state index contributed by atoms with van der Waals surface area (Å²) in [6.45, 7) is 4.79. The van der Waals surface area contributed by atoms with Crippen molar-refractivity contribution in [2.45, 2.75) is 53.4 Å². The molecule has 0 spiro atoms. The molecule has 3 aliphatic rings. The summed E-state index contributed by atoms with van der Waals surface area (Å²) in [6.07, 6.45) is 5.77. The average molecular weight is 757 g/mol. The fraction of sp³-hybridized carbons (Fsp3) is 0.439. The van der Waals surface area contributed by atoms with Crippen LogP contribution in [0.3, 0.4) is 0 Å². The molecule has 3 N–H and O–H groups in total. The van der Waals surface area contributed by atoms with Gasteiger partial charge in [-0.1, -0.05) is 30.7 Å². The molecule has 11 nitrogen and oxygen atoms in total. The van der Waals surface area contributed by atoms with Crippen LogP contribution in [0.4, 0.5) is 20.6 Å². The standard InChI is InChI=1S/C41H49FN6O5S/c1-46(2)20-6-13-39(49)44-33-9-4-10-36(24-33)54(52,53)35-16-14-34(15-17-35)48-26-29(27-48)25-47-21-18-30(19-22-47)41(28-43,31-7-3-8-32(42)23-31)37-11-5-12-38(37)45-40(50)51/h3-4,6-10,13-17,23-24,29-30,37-38,45H,5,11-12,18-22,25-27H2,1-2H3,(H,44,49)(H,50,51)/b13-6+/t37-,38-,41-/m0/s1. The van der Waals surface area contributed by atoms with Crippen molar-refractivity contribution in [1.29, 1.82) is 5.26 Å². The van der Waals surface area contributed by atoms with Crippen molar-refractivity contribution in [3.05, 3.63) is 96.3 Å². The Morgan fingerprint density at radius 1 is 1.00 bits per heavy atom. The Morgan fingerprint density at radius 3 is 2.39 bits per heavy atom. The molecule has 3 aromatic carbocycles. The highest BCUT2D eigenvalue weighted by molar-refractivity contribution is 7.91. The van der Waals surface area contributed by atoms with Crippen molar-refractivity contribution in [2.24, 2.45) is 17.8 Å². The van der Waals surface area contributed by atoms with Crippen LogP contribution in [0.25, 0.3) is 0 Å². The van der Waals surface area contributed by atoms with E-state index >= 15 is 0 Å². The van der Waals surface area contributed by atoms with Gasteiger partial charge in [-0.25, -0.2) is 17.6 Å². The van der Waals surface area contributed by atoms with Crippen molar-refractivity contribution in [3.8, 4) is 6.07 Å². The van der Waals surface area contributed by atoms with Crippen LogP contribution in [-0.2, 0) is 20.0 Å². The zero-order valence-electron chi connectivity index (χ0n) is 30.8. The van der Waals surface area contributed by atoms with Crippen LogP contribution < -0.4 is 15.5 Å². The Hall–Kier alpha value is -4.77. The van der Waals surface area contributed by atoms with Crippen LogP contribution in [0.1, 0.15) is 37.7 Å². The number of carboxylic acid groups (broad SMARTS) is 1. The number of carbonyl (C=O) groups is 2. The molecule has 13 heteroatoms. The number of likely N-dealkylation sites (N-methyl/N-ethyl adjacent to an activating group) is 1. The van der Waals surface area contributed by atoms with Gasteiger partial charge >= 0.3 is 6.09 Å². The van der Waals surface area contributed by atoms with Gasteiger partial charge in [0.05, 0.1) is 21.3 Å². The highest BCUT2D eigenvalue weighted by Crippen LogP contribution is 2.50. The molecule has 3 fully saturated rings. The predicted octanol–water partition coefficient (Wildman–Crippen LogP) is 5.76. The molecule has 3 aromatic rings. The molecule has 2 aliphatic heterocycles. The number of piperidine rings is 1. The minimum absolute atomic E-state index is 0.0362. The third-order valence-corrected chi connectivity index (χ3v) is 13.0. The molecule has 0 bridgehead atoms. The first-order valence-corrected chi connectivity index (χ1v) is 20.1. The van der Waals surface area contributed by atoms with Gasteiger partial charge in [-0.05, 0) is 119 Å². The van der Waals surface area contributed by atoms with Crippen molar-refractivity contribution in [3.63, 3.8) is 0 Å². The van der Waals surface area contributed by atoms with Crippen molar-refractivity contribution < 1.29 is 27.5 Å². The number of sulfone groups is 1. The number of hydrogen-bond donors (Lipinski definition) is 3. The topological polar surface area (TPSA) is 146 Å². The monoisotopic (exact) mass is 756 g/mol. The molecule has 2 heterocycles. The van der Waals surface area contributed by atoms with E-state index in [9.17, 15) is 32.8 Å². The third kappa shape index (κ3) is 8.62. The van der Waals surface area contributed by atoms with Crippen LogP contribution in [0, 0.1) is 34.9 Å². The lowest BCUT2D eigenvalue weighted by atomic mass is 9.59. The highest BCUT2D eigenvalue weighted by Gasteiger charge is 2.52. The second-order valence-corrected chi connectivity index (χ2v) is 17.1. The number of nitriles is 1. The number of halogens is 1. The smallest absolute Gasteiger partial charge is 0.404 e. The summed E-state index contributed by atoms with van der Waals surface area (Å²) in [6, 6.07) is 21.8. The van der Waals surface area contributed by atoms with Gasteiger partial charge in [0.2, 0.25) is 15.7 Å². The number of carbonyl (C=O) groups excluding carboxylic acids is 1. The number of anilines is 2. The SMILES string of the molecule is CN(C)C/C=C/C(=O)Nc1cccc(S(=O)(=O)c2ccc(N3CC(CN4CCC([C@@](C#N)(c5cccc(F)c5)[C@H]5CCC[C@@H]5NC(=O)O)CC4)C3)cc2)c1. The van der Waals surface area contributed by atoms with Crippen LogP contribution >= 0.6 is 0 Å². The minimum Gasteiger partial charge on any atom is -0.465 e. The summed E-state index contributed by atoms with van der Waals surface area (Å²) in [4.78, 5) is 30.8. The maximum absolute atomic E-state index is 14.6. The average Bonchev–Trinajstić information content (AvgIpc) is 3.58. The second-order valence-electron chi connectivity index (χ2n) is 15.1. The molecule has 286 valence electrons. The highest BCUT2D eigenvalue weighted by atomic mass is 32.2. The molecule has 6 rings (SSSR count). The minimum atomic E-state index is -3.81. The molecular formula is C41H49FN6O5S. The third-order valence-electron chi connectivity index (χ3n) is 11.3. The fourth-order valence-corrected chi connectivity index (χ4v) is 9.98. The lowest BCUT2D eigenvalue weighted by molar-refractivity contribution is -0.111. The Balaban J connectivity index is 1.04. The van der Waals surface area contributed by atoms with E-state index in [0.717, 1.165) is 57.7 Å². The summed E-state index contributed by atoms with van der Waals surface area (Å²) < 4.78 is 41.5. The van der Waals surface area contributed by atoms with Gasteiger partial charge < -0.3 is 30.4 Å². The number of nitrogens with one attached hydrogen (secondary N) is 2. The molecule has 2 saturated heterocycles. The maximum Gasteiger partial charge on any atom is 0.404 e. The summed E-state index contributed by atoms with van der Waals surface area (Å²) in [7, 11) is -0.0112. The molecule has 0 unspecified atom stereocenters. The molecule has 2 amide bonds. The number of likely N-dealkylation sites (tertiary alicyclic amines) is 1. The quantitative estimate of drug-likeness (QED) is 0.185. The Morgan fingerprint density at radius 2 is 1.72 bits per heavy atom. The van der Waals surface area contributed by atoms with Gasteiger partial charge in [-0.2, -0.15) is 5.26 Å². The van der Waals surface area contributed by atoms with E-state index in [1.807, 2.05) is 37.2 Å². The summed E-state index contributed by atoms with van der Waals surface area (Å²) in [5, 5.41) is 25.8. The van der Waals surface area contributed by atoms with E-state index in [0.29, 0.717) is 36.6 Å². The lowest BCUT2D eigenvalue weighted by Crippen LogP contribution is -2.55. The number of benzene rings is 3. The van der Waals surface area contributed by atoms with Crippen LogP contribution in [0.15, 0.2) is 94.7 Å². The molecule has 1 aliphatic carbocycles. The zero-order chi connectivity index (χ0) is 38.5. The Bertz CT molecular complexity index is 1990. The molecule has 3 atom stereocenters. The molecular weight excluding hydrogens is 708 g/mol. The van der Waals surface area contributed by atoms with Gasteiger partial charge in [0.1, 0.15) is 5.82 Å². The number of amides is 2. The molecule has 0 aromatic heterocycles. The van der Waals surface area contributed by atoms with Gasteiger partial charge in [0.25, 0.3) is 0 Å². The van der Waals surface area contributed by atoms with Gasteiger partial charge in [-0.15, -0.1) is 0 Å². The first-order chi connectivity index (χ1) is 25.9. The molecule has 0 radical (unpaired) electrons. The van der Waals surface area contributed by atoms with Crippen molar-refractivity contribution in [1.82, 2.24) is 15.1 Å². The van der Waals surface area contributed by atoms with Crippen LogP contribution in [0.5, 0.6) is 0 Å². The van der Waals surface area contributed by atoms with Gasteiger partial charge in [-0.3, -0.25) is 4.79 Å². The Kier molecular flexibility index (Phi) is 12.1. The summed E-state index contributed by atoms with van der Waals surface area (Å²) in [5.74, 6) is -0.570. The lowest BCUT2D eigenvalue weighted by Gasteiger charge is -2.48. The van der Waals surface area contributed by atoms with Crippen molar-refractivity contribution in [2.75, 3.05) is 63.6 Å². The van der Waals surface area contributed by atoms with E-state index in [4.69, 9.17) is 0 Å². The van der Waals surface area contributed by atoms with Crippen molar-refractivity contribution >= 4 is 33.2 Å². The maximum atomic E-state index is 14.6. The van der Waals surface area contributed by atoms with Gasteiger partial charge in [0, 0.05) is 61.5 Å². The van der Waals surface area contributed by atoms with Gasteiger partial charge in [0.15, 0.2) is 0 Å². The number of rotatable bonds is 13. The normalized spacial score (nSPS) is 21.1. The second kappa shape index (κ2) is 16.7. The first-order valence-electron chi connectivity index (χ1n) is 18.6. The van der Waals surface area contributed by atoms with E-state index in [1.54, 1.807) is 36.4 Å². The zero-order valence-corrected chi connectivity index (χ0v) is 31.6. The van der Waals surface area contributed by atoms with Crippen LogP contribution in [0.2, 0.25) is 0 Å². The van der Waals surface area contributed by atoms with E-state index in [2.05, 4.69) is 26.5 Å². The number of hydrogen-bond acceptors (Lipinski definition) is 8. The summed E-state index contributed by atoms with van der Waals surface area (Å²) in [5.41, 5.74) is 0.994. The first kappa shape index (κ1) is 38.9. The Labute approximate surface area is 317 Å². The van der Waals surface area contributed by atoms with E-state index in [1.165, 1.54) is 30.3 Å². The van der Waals surface area contributed by atoms with E-state index < -0.39 is 27.2 Å². The largest absolute Gasteiger partial charge is 0.465 e. The molecule has 54 heavy (non-hydrogen) atoms. The predicted molar refractivity (Wildman–Crippen MR) is 206 cm³/mol. The van der Waals surface area contributed by atoms with Crippen LogP contribution in [-0.4, -0.2) is 94.7 Å². The fourth-order valence-electron chi connectivity index (χ4n) is 8.67. The summed E-state index contributed by atoms with van der Waals surface area (Å²) >= 11 is 0. The number of nitrogens with zero attached hydrogens (tertiary/aromatic N) is 4. The molecule has 1 saturated carbocycles.